The van der Waals surface area contributed by atoms with Crippen molar-refractivity contribution in [3.63, 3.8) is 0 Å². The first-order chi connectivity index (χ1) is 14.9. The smallest absolute Gasteiger partial charge is 0.234 e. The second-order valence-corrected chi connectivity index (χ2v) is 9.63. The third-order valence-electron chi connectivity index (χ3n) is 6.40. The molecule has 1 aromatic carbocycles. The number of amides is 2. The number of piperidine rings is 1. The number of benzene rings is 1. The summed E-state index contributed by atoms with van der Waals surface area (Å²) in [5, 5.41) is 6.96. The van der Waals surface area contributed by atoms with Crippen molar-refractivity contribution in [1.29, 1.82) is 0 Å². The van der Waals surface area contributed by atoms with Gasteiger partial charge in [-0.25, -0.2) is 0 Å². The molecule has 31 heavy (non-hydrogen) atoms. The van der Waals surface area contributed by atoms with Crippen molar-refractivity contribution in [3.05, 3.63) is 34.9 Å². The Labute approximate surface area is 191 Å². The van der Waals surface area contributed by atoms with Crippen LogP contribution in [-0.4, -0.2) is 67.4 Å². The highest BCUT2D eigenvalue weighted by atomic mass is 35.5. The minimum atomic E-state index is 0.00661. The SMILES string of the molecule is CC(C)C(=O)NCC1CCCN(CC(=O)NCC(c2ccccc2Cl)N2CCCC2)C1. The summed E-state index contributed by atoms with van der Waals surface area (Å²) in [5.41, 5.74) is 1.09. The van der Waals surface area contributed by atoms with Crippen LogP contribution in [0.15, 0.2) is 24.3 Å². The van der Waals surface area contributed by atoms with Gasteiger partial charge in [-0.15, -0.1) is 0 Å². The van der Waals surface area contributed by atoms with Gasteiger partial charge < -0.3 is 10.6 Å². The van der Waals surface area contributed by atoms with Crippen molar-refractivity contribution in [2.75, 3.05) is 45.8 Å². The van der Waals surface area contributed by atoms with E-state index in [0.29, 0.717) is 25.6 Å². The zero-order valence-electron chi connectivity index (χ0n) is 18.9. The number of hydrogen-bond acceptors (Lipinski definition) is 4. The molecule has 6 nitrogen and oxygen atoms in total. The fourth-order valence-corrected chi connectivity index (χ4v) is 4.88. The summed E-state index contributed by atoms with van der Waals surface area (Å²) < 4.78 is 0. The lowest BCUT2D eigenvalue weighted by Crippen LogP contribution is -2.46. The molecule has 1 aromatic rings. The van der Waals surface area contributed by atoms with Crippen molar-refractivity contribution in [2.24, 2.45) is 11.8 Å². The lowest BCUT2D eigenvalue weighted by molar-refractivity contribution is -0.125. The molecule has 2 heterocycles. The van der Waals surface area contributed by atoms with Crippen LogP contribution >= 0.6 is 11.6 Å². The van der Waals surface area contributed by atoms with E-state index in [1.165, 1.54) is 12.8 Å². The zero-order valence-corrected chi connectivity index (χ0v) is 19.7. The molecule has 2 amide bonds. The summed E-state index contributed by atoms with van der Waals surface area (Å²) in [6.07, 6.45) is 4.54. The van der Waals surface area contributed by atoms with E-state index in [9.17, 15) is 9.59 Å². The van der Waals surface area contributed by atoms with Gasteiger partial charge in [-0.3, -0.25) is 19.4 Å². The summed E-state index contributed by atoms with van der Waals surface area (Å²) in [7, 11) is 0. The van der Waals surface area contributed by atoms with E-state index in [2.05, 4.69) is 26.5 Å². The van der Waals surface area contributed by atoms with Crippen molar-refractivity contribution in [3.8, 4) is 0 Å². The third kappa shape index (κ3) is 7.19. The average molecular weight is 449 g/mol. The number of nitrogens with one attached hydrogen (secondary N) is 2. The lowest BCUT2D eigenvalue weighted by atomic mass is 9.97. The van der Waals surface area contributed by atoms with E-state index in [0.717, 1.165) is 49.6 Å². The molecule has 0 radical (unpaired) electrons. The quantitative estimate of drug-likeness (QED) is 0.609. The Bertz CT molecular complexity index is 736. The van der Waals surface area contributed by atoms with Gasteiger partial charge in [0.1, 0.15) is 0 Å². The molecule has 2 saturated heterocycles. The summed E-state index contributed by atoms with van der Waals surface area (Å²) in [5.74, 6) is 0.572. The van der Waals surface area contributed by atoms with Crippen LogP contribution in [0, 0.1) is 11.8 Å². The highest BCUT2D eigenvalue weighted by molar-refractivity contribution is 6.31. The van der Waals surface area contributed by atoms with Gasteiger partial charge >= 0.3 is 0 Å². The molecule has 0 bridgehead atoms. The number of nitrogens with zero attached hydrogens (tertiary/aromatic N) is 2. The number of likely N-dealkylation sites (tertiary alicyclic amines) is 2. The van der Waals surface area contributed by atoms with Gasteiger partial charge in [0.05, 0.1) is 12.6 Å². The maximum atomic E-state index is 12.7. The molecule has 2 fully saturated rings. The van der Waals surface area contributed by atoms with E-state index < -0.39 is 0 Å². The first kappa shape index (κ1) is 24.0. The topological polar surface area (TPSA) is 64.7 Å². The lowest BCUT2D eigenvalue weighted by Gasteiger charge is -2.33. The number of hydrogen-bond donors (Lipinski definition) is 2. The molecule has 2 aliphatic rings. The van der Waals surface area contributed by atoms with Crippen LogP contribution in [-0.2, 0) is 9.59 Å². The maximum Gasteiger partial charge on any atom is 0.234 e. The van der Waals surface area contributed by atoms with Crippen LogP contribution in [0.2, 0.25) is 5.02 Å². The van der Waals surface area contributed by atoms with Crippen LogP contribution in [0.1, 0.15) is 51.1 Å². The van der Waals surface area contributed by atoms with Crippen LogP contribution in [0.3, 0.4) is 0 Å². The number of carbonyl (C=O) groups excluding carboxylic acids is 2. The van der Waals surface area contributed by atoms with E-state index in [1.807, 2.05) is 32.0 Å². The monoisotopic (exact) mass is 448 g/mol. The minimum Gasteiger partial charge on any atom is -0.356 e. The highest BCUT2D eigenvalue weighted by Gasteiger charge is 2.27. The molecular formula is C24H37ClN4O2. The van der Waals surface area contributed by atoms with E-state index >= 15 is 0 Å². The minimum absolute atomic E-state index is 0.00661. The summed E-state index contributed by atoms with van der Waals surface area (Å²) in [4.78, 5) is 29.2. The normalized spacial score (nSPS) is 21.2. The molecule has 2 aliphatic heterocycles. The molecule has 0 saturated carbocycles. The van der Waals surface area contributed by atoms with E-state index in [1.54, 1.807) is 0 Å². The number of halogens is 1. The standard InChI is InChI=1S/C24H37ClN4O2/c1-18(2)24(31)27-14-19-8-7-11-28(16-19)17-23(30)26-15-22(29-12-5-6-13-29)20-9-3-4-10-21(20)25/h3-4,9-10,18-19,22H,5-8,11-17H2,1-2H3,(H,26,30)(H,27,31). The Balaban J connectivity index is 1.49. The average Bonchev–Trinajstić information content (AvgIpc) is 3.28. The van der Waals surface area contributed by atoms with Crippen molar-refractivity contribution >= 4 is 23.4 Å². The second kappa shape index (κ2) is 11.8. The van der Waals surface area contributed by atoms with E-state index in [-0.39, 0.29) is 23.8 Å². The second-order valence-electron chi connectivity index (χ2n) is 9.23. The molecule has 172 valence electrons. The van der Waals surface area contributed by atoms with Gasteiger partial charge in [0.15, 0.2) is 0 Å². The van der Waals surface area contributed by atoms with Crippen LogP contribution < -0.4 is 10.6 Å². The molecule has 0 aliphatic carbocycles. The van der Waals surface area contributed by atoms with Crippen molar-refractivity contribution in [1.82, 2.24) is 20.4 Å². The molecular weight excluding hydrogens is 412 g/mol. The Morgan fingerprint density at radius 3 is 2.55 bits per heavy atom. The summed E-state index contributed by atoms with van der Waals surface area (Å²) in [6.45, 7) is 9.36. The fourth-order valence-electron chi connectivity index (χ4n) is 4.61. The Hall–Kier alpha value is -1.63. The molecule has 0 aromatic heterocycles. The van der Waals surface area contributed by atoms with Crippen LogP contribution in [0.25, 0.3) is 0 Å². The van der Waals surface area contributed by atoms with Crippen LogP contribution in [0.4, 0.5) is 0 Å². The first-order valence-electron chi connectivity index (χ1n) is 11.7. The molecule has 2 N–H and O–H groups in total. The zero-order chi connectivity index (χ0) is 22.2. The summed E-state index contributed by atoms with van der Waals surface area (Å²) in [6, 6.07) is 8.06. The van der Waals surface area contributed by atoms with Gasteiger partial charge in [-0.1, -0.05) is 43.6 Å². The molecule has 7 heteroatoms. The largest absolute Gasteiger partial charge is 0.356 e. The predicted octanol–water partition coefficient (Wildman–Crippen LogP) is 3.08. The fraction of sp³-hybridized carbons (Fsp3) is 0.667. The Morgan fingerprint density at radius 1 is 1.10 bits per heavy atom. The van der Waals surface area contributed by atoms with Gasteiger partial charge in [0, 0.05) is 30.6 Å². The van der Waals surface area contributed by atoms with Gasteiger partial charge in [0.2, 0.25) is 11.8 Å². The summed E-state index contributed by atoms with van der Waals surface area (Å²) >= 11 is 6.48. The van der Waals surface area contributed by atoms with Gasteiger partial charge in [-0.2, -0.15) is 0 Å². The highest BCUT2D eigenvalue weighted by Crippen LogP contribution is 2.29. The maximum absolute atomic E-state index is 12.7. The van der Waals surface area contributed by atoms with Crippen molar-refractivity contribution in [2.45, 2.75) is 45.6 Å². The first-order valence-corrected chi connectivity index (χ1v) is 12.1. The van der Waals surface area contributed by atoms with Crippen LogP contribution in [0.5, 0.6) is 0 Å². The predicted molar refractivity (Wildman–Crippen MR) is 125 cm³/mol. The number of rotatable bonds is 9. The molecule has 0 spiro atoms. The molecule has 2 unspecified atom stereocenters. The van der Waals surface area contributed by atoms with Crippen molar-refractivity contribution < 1.29 is 9.59 Å². The number of carbonyl (C=O) groups is 2. The van der Waals surface area contributed by atoms with E-state index in [4.69, 9.17) is 11.6 Å². The van der Waals surface area contributed by atoms with Gasteiger partial charge in [-0.05, 0) is 62.9 Å². The Kier molecular flexibility index (Phi) is 9.17. The van der Waals surface area contributed by atoms with Gasteiger partial charge in [0.25, 0.3) is 0 Å². The Morgan fingerprint density at radius 2 is 1.84 bits per heavy atom. The molecule has 3 rings (SSSR count). The molecule has 2 atom stereocenters. The third-order valence-corrected chi connectivity index (χ3v) is 6.74.